The minimum Gasteiger partial charge on any atom is -0.330 e. The highest BCUT2D eigenvalue weighted by Gasteiger charge is 2.24. The van der Waals surface area contributed by atoms with E-state index in [2.05, 4.69) is 4.98 Å². The standard InChI is InChI=1S/C14H14F2N2S/c15-9-4-5-11(16)10(6-9)14-18-13-8(7-17)2-1-3-12(13)19-14/h4-6,8H,1-3,7,17H2. The molecule has 1 aromatic carbocycles. The van der Waals surface area contributed by atoms with Gasteiger partial charge in [0, 0.05) is 22.9 Å². The predicted octanol–water partition coefficient (Wildman–Crippen LogP) is 3.47. The first-order valence-electron chi connectivity index (χ1n) is 6.34. The molecule has 0 radical (unpaired) electrons. The van der Waals surface area contributed by atoms with Gasteiger partial charge in [0.25, 0.3) is 0 Å². The first-order chi connectivity index (χ1) is 9.19. The fourth-order valence-electron chi connectivity index (χ4n) is 2.51. The molecular formula is C14H14F2N2S. The topological polar surface area (TPSA) is 38.9 Å². The Morgan fingerprint density at radius 3 is 3.00 bits per heavy atom. The first kappa shape index (κ1) is 12.7. The molecule has 2 N–H and O–H groups in total. The van der Waals surface area contributed by atoms with Crippen molar-refractivity contribution in [2.45, 2.75) is 25.2 Å². The van der Waals surface area contributed by atoms with Crippen molar-refractivity contribution in [3.8, 4) is 10.6 Å². The molecule has 5 heteroatoms. The van der Waals surface area contributed by atoms with Crippen molar-refractivity contribution in [3.63, 3.8) is 0 Å². The normalized spacial score (nSPS) is 18.4. The van der Waals surface area contributed by atoms with Gasteiger partial charge < -0.3 is 5.73 Å². The summed E-state index contributed by atoms with van der Waals surface area (Å²) in [6, 6.07) is 3.47. The number of nitrogens with two attached hydrogens (primary N) is 1. The Kier molecular flexibility index (Phi) is 3.33. The van der Waals surface area contributed by atoms with Crippen LogP contribution in [0.1, 0.15) is 29.3 Å². The summed E-state index contributed by atoms with van der Waals surface area (Å²) in [6.45, 7) is 0.557. The highest BCUT2D eigenvalue weighted by atomic mass is 32.1. The van der Waals surface area contributed by atoms with Crippen LogP contribution in [0.5, 0.6) is 0 Å². The number of halogens is 2. The van der Waals surface area contributed by atoms with E-state index in [0.717, 1.165) is 37.1 Å². The summed E-state index contributed by atoms with van der Waals surface area (Å²) in [5, 5.41) is 0.558. The number of hydrogen-bond donors (Lipinski definition) is 1. The number of benzene rings is 1. The summed E-state index contributed by atoms with van der Waals surface area (Å²) in [5.74, 6) is -0.623. The quantitative estimate of drug-likeness (QED) is 0.915. The third-order valence-corrected chi connectivity index (χ3v) is 4.68. The number of thiazole rings is 1. The average Bonchev–Trinajstić information content (AvgIpc) is 2.85. The van der Waals surface area contributed by atoms with Crippen LogP contribution in [-0.4, -0.2) is 11.5 Å². The first-order valence-corrected chi connectivity index (χ1v) is 7.15. The Hall–Kier alpha value is -1.33. The van der Waals surface area contributed by atoms with E-state index in [0.29, 0.717) is 11.6 Å². The van der Waals surface area contributed by atoms with Crippen LogP contribution < -0.4 is 5.73 Å². The largest absolute Gasteiger partial charge is 0.330 e. The van der Waals surface area contributed by atoms with Gasteiger partial charge in [-0.05, 0) is 37.5 Å². The summed E-state index contributed by atoms with van der Waals surface area (Å²) in [7, 11) is 0. The lowest BCUT2D eigenvalue weighted by Crippen LogP contribution is -2.17. The number of aromatic nitrogens is 1. The molecule has 1 aromatic heterocycles. The van der Waals surface area contributed by atoms with E-state index in [-0.39, 0.29) is 11.5 Å². The Morgan fingerprint density at radius 1 is 1.37 bits per heavy atom. The lowest BCUT2D eigenvalue weighted by molar-refractivity contribution is 0.554. The number of fused-ring (bicyclic) bond motifs is 1. The molecule has 3 rings (SSSR count). The Labute approximate surface area is 114 Å². The third-order valence-electron chi connectivity index (χ3n) is 3.51. The van der Waals surface area contributed by atoms with Gasteiger partial charge >= 0.3 is 0 Å². The minimum absolute atomic E-state index is 0.246. The molecule has 0 spiro atoms. The molecule has 2 nitrogen and oxygen atoms in total. The zero-order chi connectivity index (χ0) is 13.4. The molecule has 1 aliphatic carbocycles. The predicted molar refractivity (Wildman–Crippen MR) is 72.2 cm³/mol. The van der Waals surface area contributed by atoms with Crippen LogP contribution in [0.3, 0.4) is 0 Å². The van der Waals surface area contributed by atoms with Gasteiger partial charge in [0.05, 0.1) is 5.69 Å². The van der Waals surface area contributed by atoms with Crippen LogP contribution in [0, 0.1) is 11.6 Å². The van der Waals surface area contributed by atoms with E-state index in [1.54, 1.807) is 0 Å². The third kappa shape index (κ3) is 2.28. The number of nitrogens with zero attached hydrogens (tertiary/aromatic N) is 1. The molecule has 100 valence electrons. The lowest BCUT2D eigenvalue weighted by atomic mass is 9.91. The van der Waals surface area contributed by atoms with E-state index < -0.39 is 11.6 Å². The van der Waals surface area contributed by atoms with Gasteiger partial charge in [-0.1, -0.05) is 0 Å². The van der Waals surface area contributed by atoms with Crippen molar-refractivity contribution in [2.75, 3.05) is 6.54 Å². The van der Waals surface area contributed by atoms with Crippen molar-refractivity contribution in [1.82, 2.24) is 4.98 Å². The summed E-state index contributed by atoms with van der Waals surface area (Å²) in [6.07, 6.45) is 3.07. The van der Waals surface area contributed by atoms with E-state index in [1.807, 2.05) is 0 Å². The zero-order valence-electron chi connectivity index (χ0n) is 10.3. The fourth-order valence-corrected chi connectivity index (χ4v) is 3.72. The Bertz CT molecular complexity index is 609. The van der Waals surface area contributed by atoms with E-state index in [4.69, 9.17) is 5.73 Å². The summed E-state index contributed by atoms with van der Waals surface area (Å²) in [5.41, 5.74) is 6.98. The highest BCUT2D eigenvalue weighted by Crippen LogP contribution is 2.38. The lowest BCUT2D eigenvalue weighted by Gasteiger charge is -2.18. The van der Waals surface area contributed by atoms with Gasteiger partial charge in [0.1, 0.15) is 16.6 Å². The summed E-state index contributed by atoms with van der Waals surface area (Å²) < 4.78 is 27.0. The van der Waals surface area contributed by atoms with Crippen LogP contribution in [0.4, 0.5) is 8.78 Å². The molecular weight excluding hydrogens is 266 g/mol. The van der Waals surface area contributed by atoms with Gasteiger partial charge in [0.15, 0.2) is 0 Å². The fraction of sp³-hybridized carbons (Fsp3) is 0.357. The second-order valence-electron chi connectivity index (χ2n) is 4.78. The van der Waals surface area contributed by atoms with Crippen molar-refractivity contribution in [3.05, 3.63) is 40.4 Å². The summed E-state index contributed by atoms with van der Waals surface area (Å²) >= 11 is 1.46. The van der Waals surface area contributed by atoms with Crippen molar-refractivity contribution < 1.29 is 8.78 Å². The van der Waals surface area contributed by atoms with Crippen LogP contribution in [-0.2, 0) is 6.42 Å². The van der Waals surface area contributed by atoms with Crippen LogP contribution in [0.25, 0.3) is 10.6 Å². The monoisotopic (exact) mass is 280 g/mol. The average molecular weight is 280 g/mol. The molecule has 1 unspecified atom stereocenters. The molecule has 1 atom stereocenters. The molecule has 2 aromatic rings. The molecule has 19 heavy (non-hydrogen) atoms. The maximum atomic E-state index is 13.8. The minimum atomic E-state index is -0.444. The molecule has 1 heterocycles. The van der Waals surface area contributed by atoms with Crippen LogP contribution in [0.2, 0.25) is 0 Å². The van der Waals surface area contributed by atoms with Crippen molar-refractivity contribution >= 4 is 11.3 Å². The Balaban J connectivity index is 2.07. The molecule has 0 amide bonds. The number of rotatable bonds is 2. The smallest absolute Gasteiger partial charge is 0.133 e. The van der Waals surface area contributed by atoms with Gasteiger partial charge in [-0.25, -0.2) is 13.8 Å². The van der Waals surface area contributed by atoms with Crippen molar-refractivity contribution in [2.24, 2.45) is 5.73 Å². The number of hydrogen-bond acceptors (Lipinski definition) is 3. The zero-order valence-corrected chi connectivity index (χ0v) is 11.1. The van der Waals surface area contributed by atoms with E-state index in [1.165, 1.54) is 22.3 Å². The molecule has 0 saturated carbocycles. The SMILES string of the molecule is NCC1CCCc2sc(-c3cc(F)ccc3F)nc21. The molecule has 1 aliphatic rings. The highest BCUT2D eigenvalue weighted by molar-refractivity contribution is 7.15. The number of aryl methyl sites for hydroxylation is 1. The Morgan fingerprint density at radius 2 is 2.21 bits per heavy atom. The maximum absolute atomic E-state index is 13.8. The molecule has 0 fully saturated rings. The van der Waals surface area contributed by atoms with Gasteiger partial charge in [-0.3, -0.25) is 0 Å². The van der Waals surface area contributed by atoms with Gasteiger partial charge in [-0.2, -0.15) is 0 Å². The van der Waals surface area contributed by atoms with Gasteiger partial charge in [0.2, 0.25) is 0 Å². The second-order valence-corrected chi connectivity index (χ2v) is 5.86. The van der Waals surface area contributed by atoms with Crippen LogP contribution in [0.15, 0.2) is 18.2 Å². The molecule has 0 bridgehead atoms. The molecule has 0 saturated heterocycles. The molecule has 0 aliphatic heterocycles. The van der Waals surface area contributed by atoms with Crippen molar-refractivity contribution in [1.29, 1.82) is 0 Å². The summed E-state index contributed by atoms with van der Waals surface area (Å²) in [4.78, 5) is 5.67. The van der Waals surface area contributed by atoms with E-state index in [9.17, 15) is 8.78 Å². The van der Waals surface area contributed by atoms with E-state index >= 15 is 0 Å². The van der Waals surface area contributed by atoms with Crippen LogP contribution >= 0.6 is 11.3 Å². The maximum Gasteiger partial charge on any atom is 0.133 e. The second kappa shape index (κ2) is 4.98. The van der Waals surface area contributed by atoms with Gasteiger partial charge in [-0.15, -0.1) is 11.3 Å².